The summed E-state index contributed by atoms with van der Waals surface area (Å²) in [6.07, 6.45) is 9.55. The number of benzene rings is 1. The van der Waals surface area contributed by atoms with Crippen molar-refractivity contribution in [2.75, 3.05) is 16.8 Å². The maximum atomic E-state index is 12.2. The number of aryl methyl sites for hydroxylation is 1. The number of hydrogen-bond acceptors (Lipinski definition) is 4. The molecule has 1 aliphatic carbocycles. The molecule has 0 bridgehead atoms. The van der Waals surface area contributed by atoms with Crippen LogP contribution in [0.3, 0.4) is 0 Å². The molecule has 2 aromatic heterocycles. The van der Waals surface area contributed by atoms with Gasteiger partial charge in [-0.2, -0.15) is 5.10 Å². The molecule has 4 rings (SSSR count). The Hall–Kier alpha value is -3.19. The molecule has 1 aromatic carbocycles. The maximum Gasteiger partial charge on any atom is 0.224 e. The third kappa shape index (κ3) is 5.73. The van der Waals surface area contributed by atoms with Crippen LogP contribution in [-0.4, -0.2) is 33.5 Å². The molecule has 1 saturated carbocycles. The lowest BCUT2D eigenvalue weighted by Crippen LogP contribution is -2.30. The van der Waals surface area contributed by atoms with Gasteiger partial charge in [-0.25, -0.2) is 0 Å². The molecule has 2 amide bonds. The van der Waals surface area contributed by atoms with Crippen molar-refractivity contribution < 1.29 is 9.59 Å². The van der Waals surface area contributed by atoms with Crippen LogP contribution in [0.2, 0.25) is 5.02 Å². The van der Waals surface area contributed by atoms with Gasteiger partial charge >= 0.3 is 0 Å². The lowest BCUT2D eigenvalue weighted by Gasteiger charge is -2.22. The van der Waals surface area contributed by atoms with E-state index in [9.17, 15) is 9.59 Å². The minimum Gasteiger partial charge on any atom is -0.325 e. The molecule has 0 spiro atoms. The SMILES string of the molecule is CC(=O)N(CC1CC1)c1ccc(-c2ccc(NC(=O)CCCc3cn[nH]c3)cn2)cc1Cl. The zero-order chi connectivity index (χ0) is 22.5. The molecule has 0 aliphatic heterocycles. The first-order valence-electron chi connectivity index (χ1n) is 10.8. The summed E-state index contributed by atoms with van der Waals surface area (Å²) in [7, 11) is 0. The fraction of sp³-hybridized carbons (Fsp3) is 0.333. The smallest absolute Gasteiger partial charge is 0.224 e. The highest BCUT2D eigenvalue weighted by molar-refractivity contribution is 6.34. The van der Waals surface area contributed by atoms with Crippen molar-refractivity contribution in [3.63, 3.8) is 0 Å². The van der Waals surface area contributed by atoms with Gasteiger partial charge in [0.2, 0.25) is 11.8 Å². The predicted octanol–water partition coefficient (Wildman–Crippen LogP) is 4.85. The first kappa shape index (κ1) is 22.0. The molecule has 7 nitrogen and oxygen atoms in total. The van der Waals surface area contributed by atoms with Gasteiger partial charge in [-0.3, -0.25) is 19.7 Å². The molecule has 2 N–H and O–H groups in total. The zero-order valence-electron chi connectivity index (χ0n) is 18.0. The average molecular weight is 452 g/mol. The second-order valence-electron chi connectivity index (χ2n) is 8.18. The van der Waals surface area contributed by atoms with Gasteiger partial charge in [0.25, 0.3) is 0 Å². The van der Waals surface area contributed by atoms with Crippen LogP contribution >= 0.6 is 11.6 Å². The first-order chi connectivity index (χ1) is 15.5. The minimum atomic E-state index is -0.0459. The van der Waals surface area contributed by atoms with E-state index in [1.807, 2.05) is 36.5 Å². The van der Waals surface area contributed by atoms with E-state index in [4.69, 9.17) is 11.6 Å². The van der Waals surface area contributed by atoms with E-state index in [1.54, 1.807) is 24.2 Å². The van der Waals surface area contributed by atoms with Crippen molar-refractivity contribution in [2.45, 2.75) is 39.0 Å². The molecule has 1 aliphatic rings. The largest absolute Gasteiger partial charge is 0.325 e. The number of nitrogens with zero attached hydrogens (tertiary/aromatic N) is 3. The van der Waals surface area contributed by atoms with Gasteiger partial charge in [0, 0.05) is 31.6 Å². The number of nitrogens with one attached hydrogen (secondary N) is 2. The number of halogens is 1. The summed E-state index contributed by atoms with van der Waals surface area (Å²) < 4.78 is 0. The first-order valence-corrected chi connectivity index (χ1v) is 11.2. The van der Waals surface area contributed by atoms with Gasteiger partial charge < -0.3 is 10.2 Å². The van der Waals surface area contributed by atoms with Gasteiger partial charge in [0.15, 0.2) is 0 Å². The Bertz CT molecular complexity index is 1080. The Kier molecular flexibility index (Phi) is 6.85. The van der Waals surface area contributed by atoms with Crippen molar-refractivity contribution in [1.29, 1.82) is 0 Å². The van der Waals surface area contributed by atoms with Crippen molar-refractivity contribution in [3.8, 4) is 11.3 Å². The molecule has 0 atom stereocenters. The number of pyridine rings is 1. The van der Waals surface area contributed by atoms with E-state index in [0.717, 1.165) is 48.2 Å². The van der Waals surface area contributed by atoms with Crippen molar-refractivity contribution >= 4 is 34.8 Å². The van der Waals surface area contributed by atoms with Crippen molar-refractivity contribution in [2.24, 2.45) is 5.92 Å². The Balaban J connectivity index is 1.36. The van der Waals surface area contributed by atoms with Crippen LogP contribution in [0.5, 0.6) is 0 Å². The molecule has 0 saturated heterocycles. The normalized spacial score (nSPS) is 13.1. The quantitative estimate of drug-likeness (QED) is 0.486. The van der Waals surface area contributed by atoms with E-state index >= 15 is 0 Å². The molecule has 8 heteroatoms. The summed E-state index contributed by atoms with van der Waals surface area (Å²) in [4.78, 5) is 30.5. The second-order valence-corrected chi connectivity index (χ2v) is 8.59. The van der Waals surface area contributed by atoms with Gasteiger partial charge in [-0.05, 0) is 61.4 Å². The van der Waals surface area contributed by atoms with Gasteiger partial charge in [-0.15, -0.1) is 0 Å². The van der Waals surface area contributed by atoms with E-state index in [1.165, 1.54) is 0 Å². The maximum absolute atomic E-state index is 12.2. The van der Waals surface area contributed by atoms with E-state index in [-0.39, 0.29) is 11.8 Å². The third-order valence-electron chi connectivity index (χ3n) is 5.52. The van der Waals surface area contributed by atoms with Crippen LogP contribution in [0.1, 0.15) is 38.2 Å². The third-order valence-corrected chi connectivity index (χ3v) is 5.83. The van der Waals surface area contributed by atoms with E-state index < -0.39 is 0 Å². The summed E-state index contributed by atoms with van der Waals surface area (Å²) >= 11 is 6.52. The Labute approximate surface area is 192 Å². The van der Waals surface area contributed by atoms with Crippen LogP contribution in [0.4, 0.5) is 11.4 Å². The molecular weight excluding hydrogens is 426 g/mol. The summed E-state index contributed by atoms with van der Waals surface area (Å²) in [5.74, 6) is 0.523. The monoisotopic (exact) mass is 451 g/mol. The lowest BCUT2D eigenvalue weighted by atomic mass is 10.1. The number of H-pyrrole nitrogens is 1. The topological polar surface area (TPSA) is 91.0 Å². The molecule has 0 unspecified atom stereocenters. The van der Waals surface area contributed by atoms with E-state index in [2.05, 4.69) is 20.5 Å². The van der Waals surface area contributed by atoms with Crippen LogP contribution < -0.4 is 10.2 Å². The number of carbonyl (C=O) groups is 2. The number of rotatable bonds is 9. The van der Waals surface area contributed by atoms with E-state index in [0.29, 0.717) is 29.6 Å². The van der Waals surface area contributed by atoms with Crippen LogP contribution in [0, 0.1) is 5.92 Å². The minimum absolute atomic E-state index is 0.00506. The molecule has 1 fully saturated rings. The summed E-state index contributed by atoms with van der Waals surface area (Å²) in [5, 5.41) is 10.1. The van der Waals surface area contributed by atoms with Crippen molar-refractivity contribution in [1.82, 2.24) is 15.2 Å². The fourth-order valence-electron chi connectivity index (χ4n) is 3.57. The number of hydrogen-bond donors (Lipinski definition) is 2. The molecule has 32 heavy (non-hydrogen) atoms. The molecule has 0 radical (unpaired) electrons. The van der Waals surface area contributed by atoms with Crippen LogP contribution in [-0.2, 0) is 16.0 Å². The highest BCUT2D eigenvalue weighted by Gasteiger charge is 2.27. The Morgan fingerprint density at radius 3 is 2.69 bits per heavy atom. The van der Waals surface area contributed by atoms with Gasteiger partial charge in [0.05, 0.1) is 34.5 Å². The zero-order valence-corrected chi connectivity index (χ0v) is 18.7. The lowest BCUT2D eigenvalue weighted by molar-refractivity contribution is -0.117. The standard InChI is InChI=1S/C24H26ClN5O2/c1-16(31)30(15-17-5-6-17)23-10-7-19(11-21(23)25)22-9-8-20(14-26-22)29-24(32)4-2-3-18-12-27-28-13-18/h7-14,17H,2-6,15H2,1H3,(H,27,28)(H,29,32). The molecule has 3 aromatic rings. The summed E-state index contributed by atoms with van der Waals surface area (Å²) in [5.41, 5.74) is 4.07. The average Bonchev–Trinajstić information content (AvgIpc) is 3.45. The highest BCUT2D eigenvalue weighted by atomic mass is 35.5. The molecular formula is C24H26ClN5O2. The number of amides is 2. The second kappa shape index (κ2) is 9.96. The number of aromatic amines is 1. The molecule has 166 valence electrons. The number of anilines is 2. The number of carbonyl (C=O) groups excluding carboxylic acids is 2. The van der Waals surface area contributed by atoms with Crippen LogP contribution in [0.15, 0.2) is 48.9 Å². The summed E-state index contributed by atoms with van der Waals surface area (Å²) in [6.45, 7) is 2.28. The predicted molar refractivity (Wildman–Crippen MR) is 126 cm³/mol. The molecule has 2 heterocycles. The highest BCUT2D eigenvalue weighted by Crippen LogP contribution is 2.35. The van der Waals surface area contributed by atoms with Gasteiger partial charge in [-0.1, -0.05) is 17.7 Å². The Morgan fingerprint density at radius 2 is 2.06 bits per heavy atom. The van der Waals surface area contributed by atoms with Crippen molar-refractivity contribution in [3.05, 3.63) is 59.5 Å². The van der Waals surface area contributed by atoms with Crippen LogP contribution in [0.25, 0.3) is 11.3 Å². The fourth-order valence-corrected chi connectivity index (χ4v) is 3.85. The Morgan fingerprint density at radius 1 is 1.22 bits per heavy atom. The number of aromatic nitrogens is 3. The summed E-state index contributed by atoms with van der Waals surface area (Å²) in [6, 6.07) is 9.29. The van der Waals surface area contributed by atoms with Gasteiger partial charge in [0.1, 0.15) is 0 Å².